The van der Waals surface area contributed by atoms with E-state index in [-0.39, 0.29) is 5.82 Å². The first-order chi connectivity index (χ1) is 14.7. The molecule has 30 heavy (non-hydrogen) atoms. The van der Waals surface area contributed by atoms with Gasteiger partial charge in [-0.05, 0) is 42.5 Å². The molecule has 8 heteroatoms. The van der Waals surface area contributed by atoms with E-state index in [1.54, 1.807) is 24.5 Å². The zero-order valence-corrected chi connectivity index (χ0v) is 15.5. The minimum atomic E-state index is -0.619. The molecule has 0 fully saturated rings. The van der Waals surface area contributed by atoms with E-state index in [2.05, 4.69) is 24.6 Å². The maximum Gasteiger partial charge on any atom is 0.439 e. The highest BCUT2D eigenvalue weighted by atomic mass is 19.1. The number of rotatable bonds is 4. The van der Waals surface area contributed by atoms with Gasteiger partial charge in [0.15, 0.2) is 5.82 Å². The number of nitrogens with zero attached hydrogens (tertiary/aromatic N) is 3. The Balaban J connectivity index is 1.65. The molecule has 0 amide bonds. The third-order valence-corrected chi connectivity index (χ3v) is 4.64. The van der Waals surface area contributed by atoms with Crippen molar-refractivity contribution in [1.29, 1.82) is 0 Å². The summed E-state index contributed by atoms with van der Waals surface area (Å²) in [7, 11) is 0. The summed E-state index contributed by atoms with van der Waals surface area (Å²) in [6.07, 6.45) is 3.40. The van der Waals surface area contributed by atoms with Gasteiger partial charge in [0.25, 0.3) is 0 Å². The molecule has 0 unspecified atom stereocenters. The molecule has 0 atom stereocenters. The zero-order chi connectivity index (χ0) is 20.5. The number of nitrogens with one attached hydrogen (secondary N) is 2. The molecule has 0 aliphatic carbocycles. The number of benzene rings is 2. The van der Waals surface area contributed by atoms with Gasteiger partial charge in [-0.3, -0.25) is 14.5 Å². The highest BCUT2D eigenvalue weighted by molar-refractivity contribution is 5.81. The number of pyridine rings is 1. The van der Waals surface area contributed by atoms with Gasteiger partial charge in [-0.25, -0.2) is 14.2 Å². The van der Waals surface area contributed by atoms with Gasteiger partial charge in [0.1, 0.15) is 11.6 Å². The predicted molar refractivity (Wildman–Crippen MR) is 109 cm³/mol. The van der Waals surface area contributed by atoms with E-state index < -0.39 is 5.76 Å². The lowest BCUT2D eigenvalue weighted by Gasteiger charge is -2.02. The predicted octanol–water partition coefficient (Wildman–Crippen LogP) is 4.29. The molecule has 0 radical (unpaired) electrons. The molecule has 5 aromatic rings. The first-order valence-corrected chi connectivity index (χ1v) is 9.10. The second kappa shape index (κ2) is 7.25. The maximum atomic E-state index is 13.4. The van der Waals surface area contributed by atoms with E-state index in [0.717, 1.165) is 22.4 Å². The van der Waals surface area contributed by atoms with Crippen LogP contribution in [0.3, 0.4) is 0 Å². The van der Waals surface area contributed by atoms with Gasteiger partial charge >= 0.3 is 5.76 Å². The molecule has 3 heterocycles. The molecule has 0 spiro atoms. The van der Waals surface area contributed by atoms with Crippen molar-refractivity contribution in [2.24, 2.45) is 0 Å². The Morgan fingerprint density at radius 2 is 1.53 bits per heavy atom. The Hall–Kier alpha value is -4.33. The van der Waals surface area contributed by atoms with E-state index in [1.165, 1.54) is 12.1 Å². The SMILES string of the molecule is O=c1[nH]c(-c2cccc(-c3nc(-c4ccc(F)cc4)c(-c4ccncc4)[nH]3)c2)no1. The van der Waals surface area contributed by atoms with Gasteiger partial charge in [-0.2, -0.15) is 0 Å². The number of imidazole rings is 1. The van der Waals surface area contributed by atoms with Gasteiger partial charge in [0, 0.05) is 34.6 Å². The number of halogens is 1. The van der Waals surface area contributed by atoms with Crippen LogP contribution in [0, 0.1) is 5.82 Å². The van der Waals surface area contributed by atoms with Crippen LogP contribution in [-0.4, -0.2) is 25.1 Å². The van der Waals surface area contributed by atoms with Crippen molar-refractivity contribution in [3.05, 3.63) is 89.4 Å². The second-order valence-electron chi connectivity index (χ2n) is 6.58. The van der Waals surface area contributed by atoms with Crippen molar-refractivity contribution in [3.63, 3.8) is 0 Å². The largest absolute Gasteiger partial charge is 0.439 e. The third-order valence-electron chi connectivity index (χ3n) is 4.64. The summed E-state index contributed by atoms with van der Waals surface area (Å²) in [6, 6.07) is 17.3. The number of H-pyrrole nitrogens is 2. The molecule has 0 saturated carbocycles. The van der Waals surface area contributed by atoms with Crippen LogP contribution in [0.25, 0.3) is 45.3 Å². The van der Waals surface area contributed by atoms with Gasteiger partial charge in [-0.15, -0.1) is 0 Å². The first-order valence-electron chi connectivity index (χ1n) is 9.10. The number of aromatic amines is 2. The third kappa shape index (κ3) is 3.30. The fourth-order valence-electron chi connectivity index (χ4n) is 3.22. The lowest BCUT2D eigenvalue weighted by atomic mass is 10.1. The van der Waals surface area contributed by atoms with Gasteiger partial charge in [0.05, 0.1) is 11.4 Å². The number of aromatic nitrogens is 5. The van der Waals surface area contributed by atoms with E-state index in [1.807, 2.05) is 36.4 Å². The van der Waals surface area contributed by atoms with E-state index in [0.29, 0.717) is 22.9 Å². The van der Waals surface area contributed by atoms with Gasteiger partial charge in [0.2, 0.25) is 0 Å². The van der Waals surface area contributed by atoms with Crippen LogP contribution in [0.15, 0.2) is 82.4 Å². The normalized spacial score (nSPS) is 11.0. The lowest BCUT2D eigenvalue weighted by Crippen LogP contribution is -1.94. The summed E-state index contributed by atoms with van der Waals surface area (Å²) in [5.74, 6) is 0.0246. The van der Waals surface area contributed by atoms with Gasteiger partial charge < -0.3 is 4.98 Å². The molecular formula is C22H14FN5O2. The fraction of sp³-hybridized carbons (Fsp3) is 0. The first kappa shape index (κ1) is 17.7. The zero-order valence-electron chi connectivity index (χ0n) is 15.5. The molecule has 2 N–H and O–H groups in total. The fourth-order valence-corrected chi connectivity index (χ4v) is 3.22. The van der Waals surface area contributed by atoms with Crippen molar-refractivity contribution in [1.82, 2.24) is 25.1 Å². The van der Waals surface area contributed by atoms with Crippen LogP contribution >= 0.6 is 0 Å². The monoisotopic (exact) mass is 399 g/mol. The second-order valence-corrected chi connectivity index (χ2v) is 6.58. The van der Waals surface area contributed by atoms with E-state index in [9.17, 15) is 9.18 Å². The van der Waals surface area contributed by atoms with Crippen LogP contribution in [0.1, 0.15) is 0 Å². The van der Waals surface area contributed by atoms with Gasteiger partial charge in [-0.1, -0.05) is 23.4 Å². The van der Waals surface area contributed by atoms with Crippen molar-refractivity contribution in [2.45, 2.75) is 0 Å². The maximum absolute atomic E-state index is 13.4. The molecule has 0 aliphatic heterocycles. The molecule has 2 aromatic carbocycles. The van der Waals surface area contributed by atoms with E-state index >= 15 is 0 Å². The van der Waals surface area contributed by atoms with E-state index in [4.69, 9.17) is 4.98 Å². The van der Waals surface area contributed by atoms with Crippen molar-refractivity contribution >= 4 is 0 Å². The molecule has 0 bridgehead atoms. The van der Waals surface area contributed by atoms with Crippen LogP contribution in [0.4, 0.5) is 4.39 Å². The summed E-state index contributed by atoms with van der Waals surface area (Å²) in [5.41, 5.74) is 4.64. The molecule has 3 aromatic heterocycles. The van der Waals surface area contributed by atoms with Crippen LogP contribution in [0.5, 0.6) is 0 Å². The van der Waals surface area contributed by atoms with Crippen LogP contribution in [0.2, 0.25) is 0 Å². The Kier molecular flexibility index (Phi) is 4.29. The topological polar surface area (TPSA) is 100 Å². The minimum absolute atomic E-state index is 0.311. The average molecular weight is 399 g/mol. The number of hydrogen-bond donors (Lipinski definition) is 2. The van der Waals surface area contributed by atoms with Crippen molar-refractivity contribution in [3.8, 4) is 45.3 Å². The molecule has 0 saturated heterocycles. The van der Waals surface area contributed by atoms with Crippen LogP contribution < -0.4 is 5.76 Å². The summed E-state index contributed by atoms with van der Waals surface area (Å²) in [4.78, 5) is 26.0. The molecular weight excluding hydrogens is 385 g/mol. The summed E-state index contributed by atoms with van der Waals surface area (Å²) in [5, 5.41) is 3.73. The molecule has 0 aliphatic rings. The molecule has 146 valence electrons. The Labute approximate surface area is 169 Å². The summed E-state index contributed by atoms with van der Waals surface area (Å²) >= 11 is 0. The quantitative estimate of drug-likeness (QED) is 0.470. The highest BCUT2D eigenvalue weighted by Gasteiger charge is 2.16. The standard InChI is InChI=1S/C22H14FN5O2/c23-17-6-4-13(5-7-17)18-19(14-8-10-24-11-9-14)26-20(25-18)15-2-1-3-16(12-15)21-27-22(29)30-28-21/h1-12H,(H,25,26)(H,27,28,29). The molecule has 7 nitrogen and oxygen atoms in total. The number of hydrogen-bond acceptors (Lipinski definition) is 5. The smallest absolute Gasteiger partial charge is 0.337 e. The Morgan fingerprint density at radius 3 is 2.23 bits per heavy atom. The Bertz CT molecular complexity index is 1370. The minimum Gasteiger partial charge on any atom is -0.337 e. The average Bonchev–Trinajstić information content (AvgIpc) is 3.42. The highest BCUT2D eigenvalue weighted by Crippen LogP contribution is 2.33. The Morgan fingerprint density at radius 1 is 0.800 bits per heavy atom. The van der Waals surface area contributed by atoms with Crippen molar-refractivity contribution < 1.29 is 8.91 Å². The van der Waals surface area contributed by atoms with Crippen molar-refractivity contribution in [2.75, 3.05) is 0 Å². The lowest BCUT2D eigenvalue weighted by molar-refractivity contribution is 0.388. The molecule has 5 rings (SSSR count). The summed E-state index contributed by atoms with van der Waals surface area (Å²) < 4.78 is 18.0. The summed E-state index contributed by atoms with van der Waals surface area (Å²) in [6.45, 7) is 0. The van der Waals surface area contributed by atoms with Crippen LogP contribution in [-0.2, 0) is 0 Å².